The Labute approximate surface area is 129 Å². The molecule has 0 aromatic carbocycles. The lowest BCUT2D eigenvalue weighted by Gasteiger charge is -2.28. The van der Waals surface area contributed by atoms with Crippen LogP contribution in [0.15, 0.2) is 11.4 Å². The molecule has 2 amide bonds. The van der Waals surface area contributed by atoms with Crippen LogP contribution in [0.2, 0.25) is 0 Å². The van der Waals surface area contributed by atoms with E-state index in [-0.39, 0.29) is 24.4 Å². The van der Waals surface area contributed by atoms with Crippen molar-refractivity contribution >= 4 is 23.2 Å². The third-order valence-electron chi connectivity index (χ3n) is 3.94. The van der Waals surface area contributed by atoms with E-state index in [1.807, 2.05) is 11.8 Å². The molecule has 116 valence electrons. The molecule has 1 aliphatic rings. The smallest absolute Gasteiger partial charge is 0.239 e. The molecule has 1 N–H and O–H groups in total. The molecule has 0 spiro atoms. The molecule has 1 atom stereocenters. The minimum Gasteiger partial charge on any atom is -0.345 e. The van der Waals surface area contributed by atoms with Gasteiger partial charge >= 0.3 is 0 Å². The Morgan fingerprint density at radius 3 is 3.00 bits per heavy atom. The van der Waals surface area contributed by atoms with Gasteiger partial charge in [0.15, 0.2) is 0 Å². The third kappa shape index (κ3) is 3.83. The molecule has 0 saturated carbocycles. The van der Waals surface area contributed by atoms with Crippen LogP contribution in [0.25, 0.3) is 0 Å². The van der Waals surface area contributed by atoms with Gasteiger partial charge in [0.25, 0.3) is 0 Å². The number of fused-ring (bicyclic) bond motifs is 1. The topological polar surface area (TPSA) is 52.7 Å². The monoisotopic (exact) mass is 309 g/mol. The van der Waals surface area contributed by atoms with Crippen molar-refractivity contribution in [3.05, 3.63) is 21.9 Å². The van der Waals surface area contributed by atoms with E-state index >= 15 is 0 Å². The van der Waals surface area contributed by atoms with Gasteiger partial charge in [-0.3, -0.25) is 14.9 Å². The van der Waals surface area contributed by atoms with E-state index in [9.17, 15) is 9.59 Å². The lowest BCUT2D eigenvalue weighted by Crippen LogP contribution is -2.48. The van der Waals surface area contributed by atoms with Crippen LogP contribution < -0.4 is 5.32 Å². The maximum absolute atomic E-state index is 12.2. The summed E-state index contributed by atoms with van der Waals surface area (Å²) < 4.78 is 0. The molecule has 0 radical (unpaired) electrons. The first kappa shape index (κ1) is 16.0. The van der Waals surface area contributed by atoms with Gasteiger partial charge in [-0.05, 0) is 37.3 Å². The number of thiophene rings is 1. The maximum atomic E-state index is 12.2. The Kier molecular flexibility index (Phi) is 5.36. The van der Waals surface area contributed by atoms with E-state index in [1.165, 1.54) is 10.4 Å². The van der Waals surface area contributed by atoms with Gasteiger partial charge in [-0.2, -0.15) is 0 Å². The number of hydrogen-bond donors (Lipinski definition) is 1. The van der Waals surface area contributed by atoms with E-state index < -0.39 is 0 Å². The molecule has 1 aromatic heterocycles. The number of hydrogen-bond acceptors (Lipinski definition) is 4. The molecule has 0 bridgehead atoms. The summed E-state index contributed by atoms with van der Waals surface area (Å²) in [4.78, 5) is 29.1. The fourth-order valence-corrected chi connectivity index (χ4v) is 3.28. The van der Waals surface area contributed by atoms with E-state index in [2.05, 4.69) is 16.8 Å². The van der Waals surface area contributed by atoms with Crippen molar-refractivity contribution in [2.45, 2.75) is 32.9 Å². The Hall–Kier alpha value is -1.40. The summed E-state index contributed by atoms with van der Waals surface area (Å²) in [5, 5.41) is 5.11. The van der Waals surface area contributed by atoms with E-state index in [0.29, 0.717) is 13.1 Å². The van der Waals surface area contributed by atoms with Gasteiger partial charge in [-0.25, -0.2) is 0 Å². The van der Waals surface area contributed by atoms with Crippen molar-refractivity contribution in [2.24, 2.45) is 0 Å². The summed E-state index contributed by atoms with van der Waals surface area (Å²) in [6, 6.07) is 1.76. The summed E-state index contributed by atoms with van der Waals surface area (Å²) in [5.41, 5.74) is 1.26. The molecule has 1 unspecified atom stereocenters. The van der Waals surface area contributed by atoms with Gasteiger partial charge in [-0.1, -0.05) is 0 Å². The lowest BCUT2D eigenvalue weighted by atomic mass is 10.1. The zero-order valence-electron chi connectivity index (χ0n) is 12.9. The summed E-state index contributed by atoms with van der Waals surface area (Å²) >= 11 is 1.76. The average Bonchev–Trinajstić information content (AvgIpc) is 2.97. The van der Waals surface area contributed by atoms with E-state index in [4.69, 9.17) is 0 Å². The van der Waals surface area contributed by atoms with E-state index in [0.717, 1.165) is 13.0 Å². The van der Waals surface area contributed by atoms with E-state index in [1.54, 1.807) is 30.2 Å². The quantitative estimate of drug-likeness (QED) is 0.886. The third-order valence-corrected chi connectivity index (χ3v) is 4.96. The second-order valence-electron chi connectivity index (χ2n) is 5.39. The lowest BCUT2D eigenvalue weighted by molar-refractivity contribution is -0.133. The van der Waals surface area contributed by atoms with Gasteiger partial charge < -0.3 is 9.80 Å². The van der Waals surface area contributed by atoms with Crippen molar-refractivity contribution in [3.8, 4) is 0 Å². The normalized spacial score (nSPS) is 15.5. The summed E-state index contributed by atoms with van der Waals surface area (Å²) in [5.74, 6) is 0.0784. The molecule has 5 nitrogen and oxygen atoms in total. The molecule has 21 heavy (non-hydrogen) atoms. The van der Waals surface area contributed by atoms with Gasteiger partial charge in [0.2, 0.25) is 11.8 Å². The van der Waals surface area contributed by atoms with Crippen molar-refractivity contribution in [1.29, 1.82) is 0 Å². The highest BCUT2D eigenvalue weighted by atomic mass is 32.1. The molecule has 2 heterocycles. The maximum Gasteiger partial charge on any atom is 0.239 e. The number of likely N-dealkylation sites (N-methyl/N-ethyl adjacent to an activating group) is 1. The van der Waals surface area contributed by atoms with Crippen LogP contribution in [0.3, 0.4) is 0 Å². The predicted octanol–water partition coefficient (Wildman–Crippen LogP) is 1.09. The van der Waals surface area contributed by atoms with Gasteiger partial charge in [-0.15, -0.1) is 11.3 Å². The number of amides is 2. The van der Waals surface area contributed by atoms with Gasteiger partial charge in [0, 0.05) is 31.6 Å². The largest absolute Gasteiger partial charge is 0.345 e. The molecule has 0 saturated heterocycles. The average molecular weight is 309 g/mol. The molecular formula is C15H23N3O2S. The minimum atomic E-state index is -0.333. The molecule has 1 aromatic rings. The second kappa shape index (κ2) is 7.04. The fourth-order valence-electron chi connectivity index (χ4n) is 2.39. The van der Waals surface area contributed by atoms with Crippen molar-refractivity contribution < 1.29 is 9.59 Å². The van der Waals surface area contributed by atoms with Crippen LogP contribution in [-0.4, -0.2) is 54.3 Å². The number of nitrogens with one attached hydrogen (secondary N) is 1. The van der Waals surface area contributed by atoms with Gasteiger partial charge in [0.05, 0.1) is 12.6 Å². The molecular weight excluding hydrogens is 286 g/mol. The SMILES string of the molecule is CCN(C)C(=O)C(C)NCC(=O)N1CCc2sccc2C1. The summed E-state index contributed by atoms with van der Waals surface area (Å²) in [7, 11) is 1.77. The second-order valence-corrected chi connectivity index (χ2v) is 6.39. The molecule has 0 aliphatic carbocycles. The molecule has 1 aliphatic heterocycles. The highest BCUT2D eigenvalue weighted by molar-refractivity contribution is 7.10. The van der Waals surface area contributed by atoms with Crippen LogP contribution >= 0.6 is 11.3 Å². The number of nitrogens with zero attached hydrogens (tertiary/aromatic N) is 2. The van der Waals surface area contributed by atoms with Gasteiger partial charge in [0.1, 0.15) is 0 Å². The Balaban J connectivity index is 1.82. The highest BCUT2D eigenvalue weighted by Gasteiger charge is 2.23. The number of carbonyl (C=O) groups is 2. The summed E-state index contributed by atoms with van der Waals surface area (Å²) in [6.07, 6.45) is 0.936. The highest BCUT2D eigenvalue weighted by Crippen LogP contribution is 2.23. The first-order chi connectivity index (χ1) is 10.0. The molecule has 6 heteroatoms. The standard InChI is InChI=1S/C15H23N3O2S/c1-4-17(3)15(20)11(2)16-9-14(19)18-7-5-13-12(10-18)6-8-21-13/h6,8,11,16H,4-5,7,9-10H2,1-3H3. The Morgan fingerprint density at radius 2 is 2.29 bits per heavy atom. The first-order valence-corrected chi connectivity index (χ1v) is 8.22. The van der Waals surface area contributed by atoms with Crippen LogP contribution in [0.5, 0.6) is 0 Å². The van der Waals surface area contributed by atoms with Crippen molar-refractivity contribution in [1.82, 2.24) is 15.1 Å². The van der Waals surface area contributed by atoms with Crippen molar-refractivity contribution in [2.75, 3.05) is 26.7 Å². The fraction of sp³-hybridized carbons (Fsp3) is 0.600. The minimum absolute atomic E-state index is 0.0177. The van der Waals surface area contributed by atoms with Crippen molar-refractivity contribution in [3.63, 3.8) is 0 Å². The zero-order valence-corrected chi connectivity index (χ0v) is 13.7. The Morgan fingerprint density at radius 1 is 1.52 bits per heavy atom. The van der Waals surface area contributed by atoms with Crippen LogP contribution in [0, 0.1) is 0 Å². The predicted molar refractivity (Wildman–Crippen MR) is 84.2 cm³/mol. The molecule has 0 fully saturated rings. The van der Waals surface area contributed by atoms with Crippen LogP contribution in [-0.2, 0) is 22.6 Å². The van der Waals surface area contributed by atoms with Crippen LogP contribution in [0.4, 0.5) is 0 Å². The molecule has 2 rings (SSSR count). The number of rotatable bonds is 5. The first-order valence-electron chi connectivity index (χ1n) is 7.34. The van der Waals surface area contributed by atoms with Crippen LogP contribution in [0.1, 0.15) is 24.3 Å². The Bertz CT molecular complexity index is 515. The zero-order chi connectivity index (χ0) is 15.4. The summed E-state index contributed by atoms with van der Waals surface area (Å²) in [6.45, 7) is 6.08. The number of carbonyl (C=O) groups excluding carboxylic acids is 2.